The van der Waals surface area contributed by atoms with Gasteiger partial charge in [-0.15, -0.1) is 0 Å². The number of benzene rings is 2. The number of aryl methyl sites for hydroxylation is 1. The molecule has 1 unspecified atom stereocenters. The van der Waals surface area contributed by atoms with Crippen molar-refractivity contribution in [2.75, 3.05) is 13.4 Å². The van der Waals surface area contributed by atoms with Gasteiger partial charge < -0.3 is 4.74 Å². The SMILES string of the molecule is COC(=O)c1ccc(C)c(-c2ccc(S(C)(=N)=O)cc2)c1. The second kappa shape index (κ2) is 5.69. The molecule has 0 spiro atoms. The van der Waals surface area contributed by atoms with Crippen LogP contribution in [-0.4, -0.2) is 23.5 Å². The number of methoxy groups -OCH3 is 1. The molecule has 21 heavy (non-hydrogen) atoms. The molecule has 0 aliphatic carbocycles. The lowest BCUT2D eigenvalue weighted by Crippen LogP contribution is -2.01. The third-order valence-electron chi connectivity index (χ3n) is 3.27. The first kappa shape index (κ1) is 15.3. The minimum Gasteiger partial charge on any atom is -0.465 e. The van der Waals surface area contributed by atoms with Crippen LogP contribution in [0.3, 0.4) is 0 Å². The predicted molar refractivity (Wildman–Crippen MR) is 83.0 cm³/mol. The maximum atomic E-state index is 11.7. The molecule has 0 bridgehead atoms. The highest BCUT2D eigenvalue weighted by Crippen LogP contribution is 2.26. The fourth-order valence-electron chi connectivity index (χ4n) is 2.07. The van der Waals surface area contributed by atoms with Crippen molar-refractivity contribution in [3.05, 3.63) is 53.6 Å². The molecule has 0 aliphatic rings. The van der Waals surface area contributed by atoms with Gasteiger partial charge in [-0.1, -0.05) is 18.2 Å². The summed E-state index contributed by atoms with van der Waals surface area (Å²) in [5, 5.41) is 0. The summed E-state index contributed by atoms with van der Waals surface area (Å²) in [5.74, 6) is -0.379. The molecule has 2 aromatic rings. The molecule has 0 amide bonds. The van der Waals surface area contributed by atoms with E-state index in [2.05, 4.69) is 0 Å². The van der Waals surface area contributed by atoms with Gasteiger partial charge in [0, 0.05) is 11.2 Å². The first-order valence-corrected chi connectivity index (χ1v) is 8.33. The van der Waals surface area contributed by atoms with E-state index in [0.717, 1.165) is 16.7 Å². The second-order valence-corrected chi connectivity index (χ2v) is 7.05. The Morgan fingerprint density at radius 1 is 1.14 bits per heavy atom. The third kappa shape index (κ3) is 3.31. The van der Waals surface area contributed by atoms with E-state index in [1.54, 1.807) is 24.3 Å². The lowest BCUT2D eigenvalue weighted by Gasteiger charge is -2.09. The molecular weight excluding hydrogens is 286 g/mol. The van der Waals surface area contributed by atoms with Crippen molar-refractivity contribution >= 4 is 15.7 Å². The number of ether oxygens (including phenoxy) is 1. The number of esters is 1. The summed E-state index contributed by atoms with van der Waals surface area (Å²) in [6.45, 7) is 1.96. The molecule has 0 saturated heterocycles. The zero-order chi connectivity index (χ0) is 15.6. The minimum atomic E-state index is -2.71. The van der Waals surface area contributed by atoms with E-state index in [0.29, 0.717) is 10.5 Å². The van der Waals surface area contributed by atoms with Crippen molar-refractivity contribution in [1.29, 1.82) is 4.78 Å². The van der Waals surface area contributed by atoms with Crippen LogP contribution in [0.5, 0.6) is 0 Å². The van der Waals surface area contributed by atoms with E-state index in [1.165, 1.54) is 13.4 Å². The Balaban J connectivity index is 2.49. The molecular formula is C16H17NO3S. The van der Waals surface area contributed by atoms with Crippen LogP contribution < -0.4 is 0 Å². The van der Waals surface area contributed by atoms with Crippen molar-refractivity contribution in [2.45, 2.75) is 11.8 Å². The van der Waals surface area contributed by atoms with E-state index in [4.69, 9.17) is 9.52 Å². The molecule has 1 atom stereocenters. The Morgan fingerprint density at radius 2 is 1.76 bits per heavy atom. The first-order valence-electron chi connectivity index (χ1n) is 6.36. The summed E-state index contributed by atoms with van der Waals surface area (Å²) in [6, 6.07) is 12.4. The first-order chi connectivity index (χ1) is 9.82. The van der Waals surface area contributed by atoms with E-state index < -0.39 is 9.73 Å². The van der Waals surface area contributed by atoms with Crippen LogP contribution in [0.1, 0.15) is 15.9 Å². The summed E-state index contributed by atoms with van der Waals surface area (Å²) in [5.41, 5.74) is 3.34. The van der Waals surface area contributed by atoms with Crippen molar-refractivity contribution in [3.8, 4) is 11.1 Å². The third-order valence-corrected chi connectivity index (χ3v) is 4.45. The van der Waals surface area contributed by atoms with Gasteiger partial charge in [-0.2, -0.15) is 0 Å². The Labute approximate surface area is 124 Å². The number of hydrogen-bond donors (Lipinski definition) is 1. The summed E-state index contributed by atoms with van der Waals surface area (Å²) in [6.07, 6.45) is 1.39. The Bertz CT molecular complexity index is 778. The van der Waals surface area contributed by atoms with E-state index in [1.807, 2.05) is 25.1 Å². The molecule has 110 valence electrons. The fraction of sp³-hybridized carbons (Fsp3) is 0.188. The van der Waals surface area contributed by atoms with Gasteiger partial charge in [-0.05, 0) is 47.9 Å². The lowest BCUT2D eigenvalue weighted by atomic mass is 9.98. The van der Waals surface area contributed by atoms with Crippen molar-refractivity contribution in [3.63, 3.8) is 0 Å². The smallest absolute Gasteiger partial charge is 0.337 e. The van der Waals surface area contributed by atoms with Gasteiger partial charge in [-0.25, -0.2) is 13.8 Å². The molecule has 0 saturated carbocycles. The molecule has 1 N–H and O–H groups in total. The fourth-order valence-corrected chi connectivity index (χ4v) is 2.73. The van der Waals surface area contributed by atoms with Gasteiger partial charge in [0.25, 0.3) is 0 Å². The summed E-state index contributed by atoms with van der Waals surface area (Å²) in [4.78, 5) is 12.1. The van der Waals surface area contributed by atoms with E-state index in [-0.39, 0.29) is 5.97 Å². The van der Waals surface area contributed by atoms with Gasteiger partial charge in [0.1, 0.15) is 0 Å². The van der Waals surface area contributed by atoms with E-state index >= 15 is 0 Å². The molecule has 0 fully saturated rings. The quantitative estimate of drug-likeness (QED) is 0.883. The highest BCUT2D eigenvalue weighted by molar-refractivity contribution is 7.91. The van der Waals surface area contributed by atoms with Crippen LogP contribution in [0.2, 0.25) is 0 Å². The predicted octanol–water partition coefficient (Wildman–Crippen LogP) is 3.48. The molecule has 2 rings (SSSR count). The highest BCUT2D eigenvalue weighted by atomic mass is 32.2. The number of carbonyl (C=O) groups excluding carboxylic acids is 1. The van der Waals surface area contributed by atoms with Crippen LogP contribution in [0.15, 0.2) is 47.4 Å². The Kier molecular flexibility index (Phi) is 4.14. The maximum Gasteiger partial charge on any atom is 0.337 e. The molecule has 0 radical (unpaired) electrons. The monoisotopic (exact) mass is 303 g/mol. The number of nitrogens with one attached hydrogen (secondary N) is 1. The highest BCUT2D eigenvalue weighted by Gasteiger charge is 2.10. The van der Waals surface area contributed by atoms with Crippen molar-refractivity contribution in [2.24, 2.45) is 0 Å². The molecule has 5 heteroatoms. The summed E-state index contributed by atoms with van der Waals surface area (Å²) < 4.78 is 24.0. The maximum absolute atomic E-state index is 11.7. The Hall–Kier alpha value is -2.14. The van der Waals surface area contributed by atoms with Crippen molar-refractivity contribution in [1.82, 2.24) is 0 Å². The van der Waals surface area contributed by atoms with Gasteiger partial charge in [0.15, 0.2) is 0 Å². The van der Waals surface area contributed by atoms with Gasteiger partial charge in [-0.3, -0.25) is 0 Å². The minimum absolute atomic E-state index is 0.379. The van der Waals surface area contributed by atoms with Gasteiger partial charge >= 0.3 is 5.97 Å². The van der Waals surface area contributed by atoms with Crippen LogP contribution in [0.25, 0.3) is 11.1 Å². The summed E-state index contributed by atoms with van der Waals surface area (Å²) in [7, 11) is -1.36. The largest absolute Gasteiger partial charge is 0.465 e. The number of hydrogen-bond acceptors (Lipinski definition) is 4. The van der Waals surface area contributed by atoms with E-state index in [9.17, 15) is 9.00 Å². The summed E-state index contributed by atoms with van der Waals surface area (Å²) >= 11 is 0. The number of carbonyl (C=O) groups is 1. The lowest BCUT2D eigenvalue weighted by molar-refractivity contribution is 0.0601. The molecule has 2 aromatic carbocycles. The van der Waals surface area contributed by atoms with Crippen molar-refractivity contribution < 1.29 is 13.7 Å². The van der Waals surface area contributed by atoms with Crippen LogP contribution in [-0.2, 0) is 14.5 Å². The molecule has 4 nitrogen and oxygen atoms in total. The van der Waals surface area contributed by atoms with Crippen LogP contribution in [0, 0.1) is 11.7 Å². The number of rotatable bonds is 3. The molecule has 0 heterocycles. The molecule has 0 aromatic heterocycles. The van der Waals surface area contributed by atoms with Crippen LogP contribution in [0.4, 0.5) is 0 Å². The second-order valence-electron chi connectivity index (χ2n) is 4.89. The Morgan fingerprint density at radius 3 is 2.29 bits per heavy atom. The molecule has 0 aliphatic heterocycles. The van der Waals surface area contributed by atoms with Gasteiger partial charge in [0.2, 0.25) is 0 Å². The topological polar surface area (TPSA) is 67.2 Å². The van der Waals surface area contributed by atoms with Gasteiger partial charge in [0.05, 0.1) is 22.4 Å². The zero-order valence-electron chi connectivity index (χ0n) is 12.2. The average Bonchev–Trinajstić information content (AvgIpc) is 2.46. The zero-order valence-corrected chi connectivity index (χ0v) is 13.0. The normalized spacial score (nSPS) is 13.5. The standard InChI is InChI=1S/C16H17NO3S/c1-11-4-5-13(16(18)20-2)10-15(11)12-6-8-14(9-7-12)21(3,17)19/h4-10,17H,1-3H3. The van der Waals surface area contributed by atoms with Crippen LogP contribution >= 0.6 is 0 Å². The average molecular weight is 303 g/mol.